The lowest BCUT2D eigenvalue weighted by Crippen LogP contribution is -2.65. The van der Waals surface area contributed by atoms with Gasteiger partial charge >= 0.3 is 5.97 Å². The molecule has 0 aliphatic heterocycles. The number of aliphatic hydroxyl groups is 1. The second kappa shape index (κ2) is 7.71. The average molecular weight is 526 g/mol. The van der Waals surface area contributed by atoms with Gasteiger partial charge in [0.15, 0.2) is 0 Å². The normalized spacial score (nSPS) is 48.0. The molecule has 1 aromatic heterocycles. The molecule has 0 amide bonds. The molecule has 6 rings (SSSR count). The van der Waals surface area contributed by atoms with Crippen molar-refractivity contribution in [3.8, 4) is 0 Å². The van der Waals surface area contributed by atoms with Crippen molar-refractivity contribution in [1.82, 2.24) is 4.98 Å². The minimum Gasteiger partial charge on any atom is -0.481 e. The number of aliphatic carboxylic acids is 1. The number of fused-ring (bicyclic) bond motifs is 8. The molecule has 204 valence electrons. The van der Waals surface area contributed by atoms with Crippen molar-refractivity contribution in [2.24, 2.45) is 44.8 Å². The number of aromatic nitrogens is 1. The topological polar surface area (TPSA) is 70.4 Å². The molecule has 0 radical (unpaired) electrons. The molecule has 1 aromatic rings. The highest BCUT2D eigenvalue weighted by Crippen LogP contribution is 2.75. The molecule has 5 heteroatoms. The van der Waals surface area contributed by atoms with Crippen LogP contribution in [0.5, 0.6) is 0 Å². The zero-order chi connectivity index (χ0) is 26.8. The van der Waals surface area contributed by atoms with E-state index in [4.69, 9.17) is 4.98 Å². The van der Waals surface area contributed by atoms with E-state index in [0.29, 0.717) is 11.8 Å². The van der Waals surface area contributed by atoms with E-state index < -0.39 is 11.4 Å². The summed E-state index contributed by atoms with van der Waals surface area (Å²) in [5.41, 5.74) is 2.21. The van der Waals surface area contributed by atoms with E-state index in [2.05, 4.69) is 54.5 Å². The van der Waals surface area contributed by atoms with Crippen molar-refractivity contribution < 1.29 is 15.0 Å². The lowest BCUT2D eigenvalue weighted by atomic mass is 9.34. The van der Waals surface area contributed by atoms with Gasteiger partial charge in [0.1, 0.15) is 0 Å². The third-order valence-corrected chi connectivity index (χ3v) is 14.3. The summed E-state index contributed by atoms with van der Waals surface area (Å²) in [6, 6.07) is 0. The Hall–Kier alpha value is -1.20. The number of thiazole rings is 1. The van der Waals surface area contributed by atoms with E-state index in [1.165, 1.54) is 10.5 Å². The second-order valence-corrected chi connectivity index (χ2v) is 16.7. The molecular formula is C32H47NO3S. The summed E-state index contributed by atoms with van der Waals surface area (Å²) < 4.78 is 0. The van der Waals surface area contributed by atoms with Crippen molar-refractivity contribution in [2.45, 2.75) is 112 Å². The lowest BCUT2D eigenvalue weighted by Gasteiger charge is -2.70. The average Bonchev–Trinajstić information content (AvgIpc) is 3.19. The Morgan fingerprint density at radius 2 is 1.76 bits per heavy atom. The van der Waals surface area contributed by atoms with Crippen LogP contribution in [0.3, 0.4) is 0 Å². The zero-order valence-electron chi connectivity index (χ0n) is 24.0. The van der Waals surface area contributed by atoms with Gasteiger partial charge < -0.3 is 10.2 Å². The Balaban J connectivity index is 1.47. The van der Waals surface area contributed by atoms with Gasteiger partial charge in [0.05, 0.1) is 22.7 Å². The SMILES string of the molecule is Cc1nc2c(s1)C[C@@]1(C)[C@@H](CC[C@]3(C)[C@@H]1CC=C1[C@@H]4CC(C)(C)CC[C@]4(C(=O)O)CC[C@]13C)[C@]2(C)CO. The Bertz CT molecular complexity index is 1180. The molecule has 0 saturated heterocycles. The minimum atomic E-state index is -0.583. The monoisotopic (exact) mass is 525 g/mol. The first kappa shape index (κ1) is 26.0. The van der Waals surface area contributed by atoms with Gasteiger partial charge in [-0.2, -0.15) is 0 Å². The van der Waals surface area contributed by atoms with Gasteiger partial charge in [-0.05, 0) is 104 Å². The molecule has 2 N–H and O–H groups in total. The molecule has 8 atom stereocenters. The summed E-state index contributed by atoms with van der Waals surface area (Å²) in [5.74, 6) is 0.521. The Morgan fingerprint density at radius 1 is 1.05 bits per heavy atom. The highest BCUT2D eigenvalue weighted by atomic mass is 32.1. The minimum absolute atomic E-state index is 0.0282. The maximum Gasteiger partial charge on any atom is 0.310 e. The molecule has 0 bridgehead atoms. The number of carboxylic acid groups (broad SMARTS) is 1. The van der Waals surface area contributed by atoms with Crippen LogP contribution in [-0.2, 0) is 16.6 Å². The molecule has 5 aliphatic rings. The number of carboxylic acids is 1. The molecule has 3 saturated carbocycles. The number of allylic oxidation sites excluding steroid dienone is 2. The number of aryl methyl sites for hydroxylation is 1. The lowest BCUT2D eigenvalue weighted by molar-refractivity contribution is -0.178. The maximum atomic E-state index is 12.9. The first-order valence-corrected chi connectivity index (χ1v) is 15.5. The fourth-order valence-corrected chi connectivity index (χ4v) is 12.3. The van der Waals surface area contributed by atoms with Gasteiger partial charge in [-0.3, -0.25) is 4.79 Å². The van der Waals surface area contributed by atoms with E-state index in [-0.39, 0.29) is 39.6 Å². The maximum absolute atomic E-state index is 12.9. The van der Waals surface area contributed by atoms with E-state index in [0.717, 1.165) is 68.5 Å². The second-order valence-electron chi connectivity index (χ2n) is 15.4. The van der Waals surface area contributed by atoms with Crippen molar-refractivity contribution in [2.75, 3.05) is 6.61 Å². The third kappa shape index (κ3) is 3.11. The number of hydrogen-bond acceptors (Lipinski definition) is 4. The zero-order valence-corrected chi connectivity index (χ0v) is 24.9. The van der Waals surface area contributed by atoms with Gasteiger partial charge in [0.2, 0.25) is 0 Å². The molecular weight excluding hydrogens is 478 g/mol. The predicted molar refractivity (Wildman–Crippen MR) is 149 cm³/mol. The summed E-state index contributed by atoms with van der Waals surface area (Å²) in [4.78, 5) is 19.2. The highest BCUT2D eigenvalue weighted by Gasteiger charge is 2.69. The first-order valence-electron chi connectivity index (χ1n) is 14.7. The largest absolute Gasteiger partial charge is 0.481 e. The molecule has 37 heavy (non-hydrogen) atoms. The summed E-state index contributed by atoms with van der Waals surface area (Å²) in [6.45, 7) is 16.8. The Labute approximate surface area is 227 Å². The number of rotatable bonds is 2. The van der Waals surface area contributed by atoms with Crippen molar-refractivity contribution in [3.05, 3.63) is 27.2 Å². The van der Waals surface area contributed by atoms with Crippen molar-refractivity contribution >= 4 is 17.3 Å². The van der Waals surface area contributed by atoms with Crippen molar-refractivity contribution in [1.29, 1.82) is 0 Å². The summed E-state index contributed by atoms with van der Waals surface area (Å²) >= 11 is 1.84. The van der Waals surface area contributed by atoms with Gasteiger partial charge in [0.25, 0.3) is 0 Å². The van der Waals surface area contributed by atoms with E-state index in [1.54, 1.807) is 0 Å². The number of nitrogens with zero attached hydrogens (tertiary/aromatic N) is 1. The number of hydrogen-bond donors (Lipinski definition) is 2. The molecule has 0 aromatic carbocycles. The van der Waals surface area contributed by atoms with Crippen LogP contribution < -0.4 is 0 Å². The van der Waals surface area contributed by atoms with E-state index in [1.807, 2.05) is 11.3 Å². The van der Waals surface area contributed by atoms with Gasteiger partial charge in [-0.15, -0.1) is 11.3 Å². The molecule has 1 heterocycles. The Kier molecular flexibility index (Phi) is 5.43. The van der Waals surface area contributed by atoms with E-state index in [9.17, 15) is 15.0 Å². The molecule has 0 unspecified atom stereocenters. The van der Waals surface area contributed by atoms with Crippen LogP contribution in [0.1, 0.15) is 108 Å². The standard InChI is InChI=1S/C32H47NO3S/c1-19-33-25-22(37-19)17-28(4)23(29(25,5)18-34)10-11-31(7)24(28)9-8-20-21-16-27(2,3)12-14-32(21,26(35)36)15-13-30(20,31)6/h8,21,23-24,34H,9-18H2,1-7H3,(H,35,36)/t21-,23+,24+,28-,29-,30+,31+,32-/m0/s1. The molecule has 5 aliphatic carbocycles. The quantitative estimate of drug-likeness (QED) is 0.397. The summed E-state index contributed by atoms with van der Waals surface area (Å²) in [7, 11) is 0. The van der Waals surface area contributed by atoms with Crippen LogP contribution in [0.15, 0.2) is 11.6 Å². The van der Waals surface area contributed by atoms with Crippen LogP contribution in [0, 0.1) is 51.8 Å². The summed E-state index contributed by atoms with van der Waals surface area (Å²) in [5, 5.41) is 22.5. The van der Waals surface area contributed by atoms with Gasteiger partial charge in [-0.25, -0.2) is 4.98 Å². The summed E-state index contributed by atoms with van der Waals surface area (Å²) in [6.07, 6.45) is 11.5. The Morgan fingerprint density at radius 3 is 2.43 bits per heavy atom. The van der Waals surface area contributed by atoms with Crippen LogP contribution in [0.2, 0.25) is 0 Å². The fraction of sp³-hybridized carbons (Fsp3) is 0.812. The van der Waals surface area contributed by atoms with Crippen LogP contribution >= 0.6 is 11.3 Å². The third-order valence-electron chi connectivity index (χ3n) is 13.3. The van der Waals surface area contributed by atoms with Crippen LogP contribution in [-0.4, -0.2) is 27.8 Å². The van der Waals surface area contributed by atoms with Gasteiger partial charge in [0, 0.05) is 10.3 Å². The highest BCUT2D eigenvalue weighted by molar-refractivity contribution is 7.11. The first-order chi connectivity index (χ1) is 17.2. The van der Waals surface area contributed by atoms with Crippen molar-refractivity contribution in [3.63, 3.8) is 0 Å². The predicted octanol–water partition coefficient (Wildman–Crippen LogP) is 7.32. The smallest absolute Gasteiger partial charge is 0.310 e. The van der Waals surface area contributed by atoms with Crippen LogP contribution in [0.25, 0.3) is 0 Å². The fourth-order valence-electron chi connectivity index (χ4n) is 11.0. The molecule has 0 spiro atoms. The van der Waals surface area contributed by atoms with Crippen LogP contribution in [0.4, 0.5) is 0 Å². The van der Waals surface area contributed by atoms with E-state index >= 15 is 0 Å². The molecule has 3 fully saturated rings. The number of aliphatic hydroxyl groups excluding tert-OH is 1. The van der Waals surface area contributed by atoms with Gasteiger partial charge in [-0.1, -0.05) is 53.2 Å². The molecule has 4 nitrogen and oxygen atoms in total. The number of carbonyl (C=O) groups is 1.